The van der Waals surface area contributed by atoms with Crippen LogP contribution < -0.4 is 10.2 Å². The van der Waals surface area contributed by atoms with Crippen molar-refractivity contribution in [2.24, 2.45) is 5.92 Å². The standard InChI is InChI=1S/C22H26N4O2/c1-17-4-2-12-25(15-17)19-7-5-18(6-8-19)14-23-22(27)21-10-9-20(28-21)16-26-13-3-11-24-26/h3,5-11,13,17H,2,4,12,14-16H2,1H3,(H,23,27)/t17-/m0/s1. The van der Waals surface area contributed by atoms with Gasteiger partial charge >= 0.3 is 0 Å². The number of hydrogen-bond acceptors (Lipinski definition) is 4. The minimum Gasteiger partial charge on any atom is -0.454 e. The van der Waals surface area contributed by atoms with Gasteiger partial charge in [0.1, 0.15) is 5.76 Å². The summed E-state index contributed by atoms with van der Waals surface area (Å²) in [5, 5.41) is 7.06. The highest BCUT2D eigenvalue weighted by molar-refractivity contribution is 5.91. The summed E-state index contributed by atoms with van der Waals surface area (Å²) < 4.78 is 7.39. The summed E-state index contributed by atoms with van der Waals surface area (Å²) in [6, 6.07) is 13.8. The van der Waals surface area contributed by atoms with Crippen LogP contribution in [0.3, 0.4) is 0 Å². The van der Waals surface area contributed by atoms with Crippen molar-refractivity contribution in [2.45, 2.75) is 32.9 Å². The van der Waals surface area contributed by atoms with Gasteiger partial charge in [-0.3, -0.25) is 9.48 Å². The Morgan fingerprint density at radius 3 is 2.86 bits per heavy atom. The first-order valence-electron chi connectivity index (χ1n) is 9.85. The van der Waals surface area contributed by atoms with E-state index >= 15 is 0 Å². The fraction of sp³-hybridized carbons (Fsp3) is 0.364. The van der Waals surface area contributed by atoms with Crippen molar-refractivity contribution in [3.05, 3.63) is 71.9 Å². The van der Waals surface area contributed by atoms with Crippen LogP contribution in [-0.4, -0.2) is 28.8 Å². The Balaban J connectivity index is 1.30. The summed E-state index contributed by atoms with van der Waals surface area (Å²) in [7, 11) is 0. The Hall–Kier alpha value is -3.02. The Bertz CT molecular complexity index is 899. The van der Waals surface area contributed by atoms with E-state index in [2.05, 4.69) is 46.5 Å². The highest BCUT2D eigenvalue weighted by atomic mass is 16.4. The molecule has 1 aromatic carbocycles. The molecule has 0 aliphatic carbocycles. The summed E-state index contributed by atoms with van der Waals surface area (Å²) in [6.45, 7) is 5.54. The van der Waals surface area contributed by atoms with E-state index < -0.39 is 0 Å². The van der Waals surface area contributed by atoms with E-state index in [1.165, 1.54) is 18.5 Å². The summed E-state index contributed by atoms with van der Waals surface area (Å²) in [6.07, 6.45) is 6.14. The van der Waals surface area contributed by atoms with Crippen LogP contribution in [0.2, 0.25) is 0 Å². The van der Waals surface area contributed by atoms with Crippen molar-refractivity contribution in [1.82, 2.24) is 15.1 Å². The lowest BCUT2D eigenvalue weighted by molar-refractivity contribution is 0.0921. The molecule has 1 aliphatic heterocycles. The van der Waals surface area contributed by atoms with Crippen molar-refractivity contribution in [1.29, 1.82) is 0 Å². The number of aromatic nitrogens is 2. The molecule has 1 fully saturated rings. The van der Waals surface area contributed by atoms with Crippen LogP contribution in [0.25, 0.3) is 0 Å². The number of anilines is 1. The molecule has 1 N–H and O–H groups in total. The van der Waals surface area contributed by atoms with Gasteiger partial charge in [-0.2, -0.15) is 5.10 Å². The number of furan rings is 1. The van der Waals surface area contributed by atoms with Gasteiger partial charge < -0.3 is 14.6 Å². The zero-order chi connectivity index (χ0) is 19.3. The first-order valence-corrected chi connectivity index (χ1v) is 9.85. The fourth-order valence-corrected chi connectivity index (χ4v) is 3.66. The summed E-state index contributed by atoms with van der Waals surface area (Å²) in [5.41, 5.74) is 2.33. The number of nitrogens with zero attached hydrogens (tertiary/aromatic N) is 3. The molecule has 1 amide bonds. The largest absolute Gasteiger partial charge is 0.454 e. The number of benzene rings is 1. The van der Waals surface area contributed by atoms with Crippen molar-refractivity contribution in [3.8, 4) is 0 Å². The zero-order valence-electron chi connectivity index (χ0n) is 16.2. The van der Waals surface area contributed by atoms with E-state index in [0.29, 0.717) is 24.6 Å². The number of nitrogens with one attached hydrogen (secondary N) is 1. The number of rotatable bonds is 6. The Kier molecular flexibility index (Phi) is 5.46. The number of amides is 1. The average Bonchev–Trinajstić information content (AvgIpc) is 3.39. The van der Waals surface area contributed by atoms with Crippen LogP contribution in [0, 0.1) is 5.92 Å². The third-order valence-corrected chi connectivity index (χ3v) is 5.17. The zero-order valence-corrected chi connectivity index (χ0v) is 16.2. The van der Waals surface area contributed by atoms with Gasteiger partial charge in [-0.1, -0.05) is 19.1 Å². The van der Waals surface area contributed by atoms with Crippen LogP contribution in [0.1, 0.15) is 41.6 Å². The highest BCUT2D eigenvalue weighted by Crippen LogP contribution is 2.23. The molecule has 6 heteroatoms. The molecule has 1 atom stereocenters. The minimum atomic E-state index is -0.208. The quantitative estimate of drug-likeness (QED) is 0.711. The predicted molar refractivity (Wildman–Crippen MR) is 108 cm³/mol. The molecule has 1 aliphatic rings. The van der Waals surface area contributed by atoms with Crippen LogP contribution in [0.15, 0.2) is 59.3 Å². The van der Waals surface area contributed by atoms with E-state index in [1.54, 1.807) is 16.9 Å². The third-order valence-electron chi connectivity index (χ3n) is 5.17. The van der Waals surface area contributed by atoms with E-state index in [-0.39, 0.29) is 5.91 Å². The van der Waals surface area contributed by atoms with Crippen LogP contribution in [0.4, 0.5) is 5.69 Å². The van der Waals surface area contributed by atoms with E-state index in [0.717, 1.165) is 24.6 Å². The molecule has 1 saturated heterocycles. The van der Waals surface area contributed by atoms with E-state index in [1.807, 2.05) is 18.3 Å². The van der Waals surface area contributed by atoms with Gasteiger partial charge in [0.05, 0.1) is 6.54 Å². The highest BCUT2D eigenvalue weighted by Gasteiger charge is 2.16. The van der Waals surface area contributed by atoms with Crippen molar-refractivity contribution in [2.75, 3.05) is 18.0 Å². The molecule has 3 heterocycles. The smallest absolute Gasteiger partial charge is 0.287 e. The molecule has 146 valence electrons. The maximum Gasteiger partial charge on any atom is 0.287 e. The first kappa shape index (κ1) is 18.3. The second kappa shape index (κ2) is 8.33. The molecule has 0 saturated carbocycles. The normalized spacial score (nSPS) is 16.9. The van der Waals surface area contributed by atoms with Gasteiger partial charge in [-0.15, -0.1) is 0 Å². The Labute approximate surface area is 165 Å². The Morgan fingerprint density at radius 2 is 2.11 bits per heavy atom. The van der Waals surface area contributed by atoms with Crippen LogP contribution >= 0.6 is 0 Å². The molecule has 0 spiro atoms. The molecule has 0 bridgehead atoms. The SMILES string of the molecule is C[C@H]1CCCN(c2ccc(CNC(=O)c3ccc(Cn4cccn4)o3)cc2)C1. The van der Waals surface area contributed by atoms with Gasteiger partial charge in [-0.25, -0.2) is 0 Å². The lowest BCUT2D eigenvalue weighted by Gasteiger charge is -2.32. The number of piperidine rings is 1. The molecule has 4 rings (SSSR count). The Morgan fingerprint density at radius 1 is 1.25 bits per heavy atom. The van der Waals surface area contributed by atoms with Gasteiger partial charge in [0.25, 0.3) is 5.91 Å². The van der Waals surface area contributed by atoms with Crippen molar-refractivity contribution >= 4 is 11.6 Å². The summed E-state index contributed by atoms with van der Waals surface area (Å²) >= 11 is 0. The molecule has 28 heavy (non-hydrogen) atoms. The molecular weight excluding hydrogens is 352 g/mol. The lowest BCUT2D eigenvalue weighted by atomic mass is 9.99. The fourth-order valence-electron chi connectivity index (χ4n) is 3.66. The van der Waals surface area contributed by atoms with Crippen LogP contribution in [-0.2, 0) is 13.1 Å². The third kappa shape index (κ3) is 4.44. The molecule has 6 nitrogen and oxygen atoms in total. The first-order chi connectivity index (χ1) is 13.7. The lowest BCUT2D eigenvalue weighted by Crippen LogP contribution is -2.34. The summed E-state index contributed by atoms with van der Waals surface area (Å²) in [4.78, 5) is 14.8. The number of carbonyl (C=O) groups excluding carboxylic acids is 1. The van der Waals surface area contributed by atoms with Crippen molar-refractivity contribution in [3.63, 3.8) is 0 Å². The van der Waals surface area contributed by atoms with E-state index in [9.17, 15) is 4.79 Å². The molecule has 0 unspecified atom stereocenters. The van der Waals surface area contributed by atoms with Crippen molar-refractivity contribution < 1.29 is 9.21 Å². The topological polar surface area (TPSA) is 63.3 Å². The molecule has 0 radical (unpaired) electrons. The molecule has 3 aromatic rings. The van der Waals surface area contributed by atoms with Gasteiger partial charge in [-0.05, 0) is 54.7 Å². The maximum absolute atomic E-state index is 12.3. The minimum absolute atomic E-state index is 0.208. The summed E-state index contributed by atoms with van der Waals surface area (Å²) in [5.74, 6) is 1.56. The number of hydrogen-bond donors (Lipinski definition) is 1. The van der Waals surface area contributed by atoms with Gasteiger partial charge in [0.15, 0.2) is 5.76 Å². The van der Waals surface area contributed by atoms with Crippen LogP contribution in [0.5, 0.6) is 0 Å². The second-order valence-electron chi connectivity index (χ2n) is 7.51. The monoisotopic (exact) mass is 378 g/mol. The second-order valence-corrected chi connectivity index (χ2v) is 7.51. The molecular formula is C22H26N4O2. The van der Waals surface area contributed by atoms with Gasteiger partial charge in [0, 0.05) is 37.7 Å². The average molecular weight is 378 g/mol. The predicted octanol–water partition coefficient (Wildman–Crippen LogP) is 3.69. The molecule has 2 aromatic heterocycles. The number of carbonyl (C=O) groups is 1. The van der Waals surface area contributed by atoms with E-state index in [4.69, 9.17) is 4.42 Å². The maximum atomic E-state index is 12.3. The van der Waals surface area contributed by atoms with Gasteiger partial charge in [0.2, 0.25) is 0 Å².